The summed E-state index contributed by atoms with van der Waals surface area (Å²) in [4.78, 5) is 0. The lowest BCUT2D eigenvalue weighted by atomic mass is 9.40. The Morgan fingerprint density at radius 2 is 1.51 bits per heavy atom. The zero-order valence-electron chi connectivity index (χ0n) is 28.0. The monoisotopic (exact) mass is 638 g/mol. The van der Waals surface area contributed by atoms with Crippen molar-refractivity contribution in [2.45, 2.75) is 160 Å². The molecule has 7 fully saturated rings. The third-order valence-corrected chi connectivity index (χ3v) is 15.5. The highest BCUT2D eigenvalue weighted by atomic mass is 16.7. The van der Waals surface area contributed by atoms with E-state index in [0.29, 0.717) is 31.6 Å². The van der Waals surface area contributed by atoms with Crippen LogP contribution in [-0.2, 0) is 14.2 Å². The first kappa shape index (κ1) is 33.1. The number of rotatable bonds is 5. The zero-order chi connectivity index (χ0) is 32.8. The summed E-state index contributed by atoms with van der Waals surface area (Å²) < 4.78 is 18.6. The molecule has 7 aliphatic rings. The Bertz CT molecular complexity index is 1170. The van der Waals surface area contributed by atoms with E-state index in [2.05, 4.69) is 20.8 Å². The number of hydrogen-bond donors (Lipinski definition) is 7. The number of fused-ring (bicyclic) bond motifs is 2. The molecule has 16 atom stereocenters. The highest BCUT2D eigenvalue weighted by Crippen LogP contribution is 2.89. The van der Waals surface area contributed by atoms with Crippen LogP contribution in [0.15, 0.2) is 0 Å². The van der Waals surface area contributed by atoms with Crippen molar-refractivity contribution in [1.29, 1.82) is 0 Å². The second-order valence-electron chi connectivity index (χ2n) is 18.1. The minimum absolute atomic E-state index is 0.0232. The second kappa shape index (κ2) is 10.1. The molecule has 2 spiro atoms. The Balaban J connectivity index is 1.17. The summed E-state index contributed by atoms with van der Waals surface area (Å²) in [5.74, 6) is 0.0995. The maximum absolute atomic E-state index is 12.4. The lowest BCUT2D eigenvalue weighted by Crippen LogP contribution is -2.66. The Morgan fingerprint density at radius 1 is 0.822 bits per heavy atom. The van der Waals surface area contributed by atoms with Crippen molar-refractivity contribution in [3.05, 3.63) is 0 Å². The first-order valence-electron chi connectivity index (χ1n) is 17.5. The van der Waals surface area contributed by atoms with Gasteiger partial charge in [-0.3, -0.25) is 0 Å². The lowest BCUT2D eigenvalue weighted by Gasteiger charge is -2.65. The molecule has 5 unspecified atom stereocenters. The first-order chi connectivity index (χ1) is 20.8. The minimum atomic E-state index is -1.32. The number of aliphatic hydroxyl groups excluding tert-OH is 6. The van der Waals surface area contributed by atoms with Crippen LogP contribution in [0.1, 0.15) is 99.3 Å². The maximum Gasteiger partial charge on any atom is 0.186 e. The molecule has 258 valence electrons. The average molecular weight is 639 g/mol. The molecule has 7 N–H and O–H groups in total. The van der Waals surface area contributed by atoms with Crippen LogP contribution in [0.5, 0.6) is 0 Å². The van der Waals surface area contributed by atoms with Crippen molar-refractivity contribution in [3.63, 3.8) is 0 Å². The zero-order valence-corrected chi connectivity index (χ0v) is 28.0. The molecule has 10 nitrogen and oxygen atoms in total. The van der Waals surface area contributed by atoms with Crippen molar-refractivity contribution in [3.8, 4) is 0 Å². The molecular formula is C35H58O10. The fourth-order valence-corrected chi connectivity index (χ4v) is 13.5. The highest BCUT2D eigenvalue weighted by molar-refractivity contribution is 5.34. The van der Waals surface area contributed by atoms with Crippen molar-refractivity contribution in [2.75, 3.05) is 13.2 Å². The van der Waals surface area contributed by atoms with Gasteiger partial charge in [0, 0.05) is 11.3 Å². The van der Waals surface area contributed by atoms with Crippen LogP contribution in [0.4, 0.5) is 0 Å². The fourth-order valence-electron chi connectivity index (χ4n) is 13.5. The molecule has 0 bridgehead atoms. The topological polar surface area (TPSA) is 169 Å². The molecule has 2 heterocycles. The predicted octanol–water partition coefficient (Wildman–Crippen LogP) is 1.87. The van der Waals surface area contributed by atoms with E-state index >= 15 is 0 Å². The molecule has 7 rings (SSSR count). The van der Waals surface area contributed by atoms with Gasteiger partial charge in [0.2, 0.25) is 0 Å². The minimum Gasteiger partial charge on any atom is -0.396 e. The van der Waals surface area contributed by atoms with E-state index in [1.54, 1.807) is 13.8 Å². The third-order valence-electron chi connectivity index (χ3n) is 15.5. The third kappa shape index (κ3) is 4.10. The number of ether oxygens (including phenoxy) is 3. The number of aliphatic hydroxyl groups is 7. The molecule has 0 aromatic carbocycles. The van der Waals surface area contributed by atoms with Gasteiger partial charge >= 0.3 is 0 Å². The maximum atomic E-state index is 12.4. The van der Waals surface area contributed by atoms with E-state index in [-0.39, 0.29) is 47.6 Å². The van der Waals surface area contributed by atoms with Crippen LogP contribution >= 0.6 is 0 Å². The standard InChI is InChI=1S/C35H58O10/c1-29(2)20-7-8-21-31(5)13-18(37)27(32(6)11-9-24(45-32)30(3,4)42)35(31,17-36)22(39)14-34(21)16-33(20,34)12-10-23(29)44-28-26(41)25(40)19(38)15-43-28/h18-28,36-42H,7-17H2,1-6H3/t18-,19+,20?,21?,22+,23-,24?,25-,26+,27?,28-,31-,32?,33+,34-,35+/m0/s1. The Labute approximate surface area is 267 Å². The molecular weight excluding hydrogens is 580 g/mol. The van der Waals surface area contributed by atoms with Crippen molar-refractivity contribution < 1.29 is 50.0 Å². The van der Waals surface area contributed by atoms with Gasteiger partial charge in [0.15, 0.2) is 6.29 Å². The van der Waals surface area contributed by atoms with E-state index in [4.69, 9.17) is 14.2 Å². The summed E-state index contributed by atoms with van der Waals surface area (Å²) in [5.41, 5.74) is -3.54. The normalized spacial score (nSPS) is 58.7. The average Bonchev–Trinajstić information content (AvgIpc) is 3.27. The van der Waals surface area contributed by atoms with Gasteiger partial charge in [-0.1, -0.05) is 20.8 Å². The van der Waals surface area contributed by atoms with Crippen molar-refractivity contribution >= 4 is 0 Å². The van der Waals surface area contributed by atoms with Gasteiger partial charge in [0.05, 0.1) is 48.8 Å². The molecule has 5 aliphatic carbocycles. The summed E-state index contributed by atoms with van der Waals surface area (Å²) in [7, 11) is 0. The van der Waals surface area contributed by atoms with Crippen LogP contribution in [0.3, 0.4) is 0 Å². The Morgan fingerprint density at radius 3 is 2.16 bits per heavy atom. The van der Waals surface area contributed by atoms with Crippen LogP contribution in [-0.4, -0.2) is 109 Å². The van der Waals surface area contributed by atoms with Crippen LogP contribution in [0, 0.1) is 44.8 Å². The van der Waals surface area contributed by atoms with Gasteiger partial charge in [-0.25, -0.2) is 0 Å². The summed E-state index contributed by atoms with van der Waals surface area (Å²) in [6, 6.07) is 0. The predicted molar refractivity (Wildman–Crippen MR) is 163 cm³/mol. The molecule has 10 heteroatoms. The van der Waals surface area contributed by atoms with Gasteiger partial charge in [0.1, 0.15) is 18.3 Å². The second-order valence-corrected chi connectivity index (χ2v) is 18.1. The Kier molecular flexibility index (Phi) is 7.42. The summed E-state index contributed by atoms with van der Waals surface area (Å²) >= 11 is 0. The van der Waals surface area contributed by atoms with E-state index in [9.17, 15) is 35.7 Å². The van der Waals surface area contributed by atoms with E-state index in [1.807, 2.05) is 6.92 Å². The quantitative estimate of drug-likeness (QED) is 0.221. The van der Waals surface area contributed by atoms with Gasteiger partial charge < -0.3 is 50.0 Å². The van der Waals surface area contributed by atoms with E-state index in [1.165, 1.54) is 0 Å². The van der Waals surface area contributed by atoms with Crippen LogP contribution < -0.4 is 0 Å². The highest BCUT2D eigenvalue weighted by Gasteiger charge is 2.86. The number of hydrogen-bond acceptors (Lipinski definition) is 10. The fraction of sp³-hybridized carbons (Fsp3) is 1.00. The van der Waals surface area contributed by atoms with Crippen molar-refractivity contribution in [2.24, 2.45) is 44.8 Å². The van der Waals surface area contributed by atoms with Gasteiger partial charge in [0.25, 0.3) is 0 Å². The Hall–Kier alpha value is -0.400. The molecule has 45 heavy (non-hydrogen) atoms. The summed E-state index contributed by atoms with van der Waals surface area (Å²) in [5, 5.41) is 77.2. The van der Waals surface area contributed by atoms with E-state index < -0.39 is 64.8 Å². The van der Waals surface area contributed by atoms with E-state index in [0.717, 1.165) is 32.1 Å². The smallest absolute Gasteiger partial charge is 0.186 e. The van der Waals surface area contributed by atoms with Gasteiger partial charge in [-0.05, 0) is 112 Å². The largest absolute Gasteiger partial charge is 0.396 e. The summed E-state index contributed by atoms with van der Waals surface area (Å²) in [6.45, 7) is 11.9. The lowest BCUT2D eigenvalue weighted by molar-refractivity contribution is -0.304. The molecule has 0 radical (unpaired) electrons. The molecule has 2 aliphatic heterocycles. The molecule has 2 saturated heterocycles. The van der Waals surface area contributed by atoms with Gasteiger partial charge in [-0.2, -0.15) is 0 Å². The molecule has 0 amide bonds. The SMILES string of the molecule is CC(C)(O)C1CCC(C)(C2[C@@H](O)C[C@@]3(C)C4CCC5C(C)(C)[C@@H](O[C@@H]6OC[C@@H](O)[C@H](O)[C@H]6O)CC[C@@]56C[C@@]46C[C@@H](O)[C@]23CO)O1. The molecule has 0 aromatic heterocycles. The summed E-state index contributed by atoms with van der Waals surface area (Å²) in [6.07, 6.45) is 0.117. The van der Waals surface area contributed by atoms with Gasteiger partial charge in [-0.15, -0.1) is 0 Å². The van der Waals surface area contributed by atoms with Crippen LogP contribution in [0.25, 0.3) is 0 Å². The molecule has 5 saturated carbocycles. The van der Waals surface area contributed by atoms with Crippen LogP contribution in [0.2, 0.25) is 0 Å². The molecule has 0 aromatic rings. The first-order valence-corrected chi connectivity index (χ1v) is 17.5. The van der Waals surface area contributed by atoms with Crippen molar-refractivity contribution in [1.82, 2.24) is 0 Å².